The zero-order valence-corrected chi connectivity index (χ0v) is 12.4. The van der Waals surface area contributed by atoms with Crippen LogP contribution in [-0.4, -0.2) is 27.4 Å². The maximum Gasteiger partial charge on any atom is 0.270 e. The molecule has 0 bridgehead atoms. The number of nitro benzene ring substituents is 1. The Hall–Kier alpha value is -2.91. The summed E-state index contributed by atoms with van der Waals surface area (Å²) in [5.41, 5.74) is 1.38. The zero-order chi connectivity index (χ0) is 16.4. The number of carbonyl (C=O) groups excluding carboxylic acids is 1. The number of carbonyl (C=O) groups is 1. The predicted octanol–water partition coefficient (Wildman–Crippen LogP) is 0.211. The molecule has 0 atom stereocenters. The van der Waals surface area contributed by atoms with Gasteiger partial charge in [-0.1, -0.05) is 12.1 Å². The first-order valence-electron chi connectivity index (χ1n) is 6.56. The lowest BCUT2D eigenvalue weighted by molar-refractivity contribution is -0.571. The molecule has 2 heterocycles. The van der Waals surface area contributed by atoms with Gasteiger partial charge in [-0.25, -0.2) is 4.98 Å². The molecule has 1 aromatic carbocycles. The summed E-state index contributed by atoms with van der Waals surface area (Å²) in [6, 6.07) is 6.24. The van der Waals surface area contributed by atoms with Gasteiger partial charge in [-0.3, -0.25) is 15.4 Å². The van der Waals surface area contributed by atoms with E-state index in [9.17, 15) is 20.0 Å². The van der Waals surface area contributed by atoms with Crippen LogP contribution in [0.1, 0.15) is 0 Å². The normalized spacial score (nSPS) is 10.8. The van der Waals surface area contributed by atoms with Crippen LogP contribution in [0, 0.1) is 10.1 Å². The van der Waals surface area contributed by atoms with Crippen molar-refractivity contribution in [1.82, 2.24) is 9.97 Å². The Kier molecular flexibility index (Phi) is 3.96. The lowest BCUT2D eigenvalue weighted by Gasteiger charge is -2.04. The summed E-state index contributed by atoms with van der Waals surface area (Å²) >= 11 is 1.37. The highest BCUT2D eigenvalue weighted by atomic mass is 32.1. The van der Waals surface area contributed by atoms with Gasteiger partial charge < -0.3 is 9.90 Å². The largest absolute Gasteiger partial charge is 0.544 e. The van der Waals surface area contributed by atoms with E-state index in [1.165, 1.54) is 35.1 Å². The number of nitrogens with two attached hydrogens (primary N) is 1. The summed E-state index contributed by atoms with van der Waals surface area (Å²) in [5, 5.41) is 25.6. The first-order chi connectivity index (χ1) is 11.1. The van der Waals surface area contributed by atoms with E-state index < -0.39 is 10.9 Å². The second-order valence-corrected chi connectivity index (χ2v) is 5.53. The lowest BCUT2D eigenvalue weighted by Crippen LogP contribution is -2.81. The number of fused-ring (bicyclic) bond motifs is 1. The summed E-state index contributed by atoms with van der Waals surface area (Å²) in [7, 11) is 0. The van der Waals surface area contributed by atoms with Crippen molar-refractivity contribution >= 4 is 39.0 Å². The zero-order valence-electron chi connectivity index (χ0n) is 11.6. The van der Waals surface area contributed by atoms with Gasteiger partial charge in [-0.15, -0.1) is 11.3 Å². The average Bonchev–Trinajstić information content (AvgIpc) is 2.97. The molecule has 3 rings (SSSR count). The van der Waals surface area contributed by atoms with E-state index in [0.717, 1.165) is 5.56 Å². The summed E-state index contributed by atoms with van der Waals surface area (Å²) < 4.78 is 0. The van der Waals surface area contributed by atoms with E-state index in [0.29, 0.717) is 21.6 Å². The van der Waals surface area contributed by atoms with E-state index in [4.69, 9.17) is 0 Å². The molecule has 0 aliphatic rings. The third-order valence-electron chi connectivity index (χ3n) is 3.23. The highest BCUT2D eigenvalue weighted by Crippen LogP contribution is 2.36. The smallest absolute Gasteiger partial charge is 0.270 e. The Morgan fingerprint density at radius 3 is 2.91 bits per heavy atom. The van der Waals surface area contributed by atoms with Gasteiger partial charge in [0.15, 0.2) is 0 Å². The van der Waals surface area contributed by atoms with Gasteiger partial charge in [0.05, 0.1) is 10.9 Å². The van der Waals surface area contributed by atoms with Crippen LogP contribution in [0.2, 0.25) is 0 Å². The van der Waals surface area contributed by atoms with E-state index >= 15 is 0 Å². The molecular formula is C14H10N4O4S. The summed E-state index contributed by atoms with van der Waals surface area (Å²) in [4.78, 5) is 30.1. The molecule has 2 aromatic heterocycles. The number of aliphatic carboxylic acids is 1. The van der Waals surface area contributed by atoms with Gasteiger partial charge in [0.2, 0.25) is 5.82 Å². The van der Waals surface area contributed by atoms with Gasteiger partial charge in [-0.05, 0) is 5.56 Å². The number of hydrogen-bond donors (Lipinski definition) is 1. The standard InChI is InChI=1S/C14H10N4O4S/c19-11(20)5-15-13-12-10(6-23-14(12)17-7-16-13)8-2-1-3-9(4-8)18(21)22/h1-4,6-7H,5H2,(H,19,20)(H,15,16,17). The number of benzene rings is 1. The van der Waals surface area contributed by atoms with Gasteiger partial charge in [0.25, 0.3) is 5.69 Å². The van der Waals surface area contributed by atoms with Crippen molar-refractivity contribution in [3.05, 3.63) is 46.1 Å². The van der Waals surface area contributed by atoms with Crippen molar-refractivity contribution in [1.29, 1.82) is 0 Å². The topological polar surface area (TPSA) is 126 Å². The molecular weight excluding hydrogens is 320 g/mol. The number of aromatic nitrogens is 2. The van der Waals surface area contributed by atoms with Crippen LogP contribution < -0.4 is 10.4 Å². The fraction of sp³-hybridized carbons (Fsp3) is 0.0714. The van der Waals surface area contributed by atoms with Crippen LogP contribution in [0.15, 0.2) is 36.0 Å². The molecule has 116 valence electrons. The molecule has 0 aliphatic carbocycles. The Labute approximate surface area is 133 Å². The molecule has 23 heavy (non-hydrogen) atoms. The first kappa shape index (κ1) is 15.0. The maximum atomic E-state index is 10.9. The van der Waals surface area contributed by atoms with E-state index in [2.05, 4.69) is 9.97 Å². The van der Waals surface area contributed by atoms with Crippen LogP contribution in [0.3, 0.4) is 0 Å². The minimum atomic E-state index is -1.20. The Balaban J connectivity index is 2.12. The highest BCUT2D eigenvalue weighted by Gasteiger charge is 2.17. The molecule has 8 nitrogen and oxygen atoms in total. The van der Waals surface area contributed by atoms with E-state index in [-0.39, 0.29) is 12.2 Å². The number of carboxylic acid groups (broad SMARTS) is 1. The lowest BCUT2D eigenvalue weighted by atomic mass is 10.1. The first-order valence-corrected chi connectivity index (χ1v) is 7.44. The SMILES string of the molecule is O=C([O-])C[NH2+]c1ncnc2scc(-c3cccc([N+](=O)[O-])c3)c12. The van der Waals surface area contributed by atoms with Gasteiger partial charge in [0.1, 0.15) is 23.1 Å². The molecule has 0 fully saturated rings. The second kappa shape index (κ2) is 6.07. The van der Waals surface area contributed by atoms with Crippen LogP contribution in [0.4, 0.5) is 11.5 Å². The molecule has 0 amide bonds. The van der Waals surface area contributed by atoms with Crippen LogP contribution in [-0.2, 0) is 4.79 Å². The van der Waals surface area contributed by atoms with Crippen LogP contribution in [0.25, 0.3) is 21.3 Å². The molecule has 0 spiro atoms. The minimum absolute atomic E-state index is 0.0148. The van der Waals surface area contributed by atoms with Crippen molar-refractivity contribution in [2.45, 2.75) is 0 Å². The Morgan fingerprint density at radius 2 is 2.17 bits per heavy atom. The number of quaternary nitrogens is 1. The van der Waals surface area contributed by atoms with Gasteiger partial charge in [0, 0.05) is 23.1 Å². The molecule has 2 N–H and O–H groups in total. The second-order valence-electron chi connectivity index (χ2n) is 4.68. The number of thiophene rings is 1. The minimum Gasteiger partial charge on any atom is -0.544 e. The van der Waals surface area contributed by atoms with Crippen molar-refractivity contribution in [2.24, 2.45) is 0 Å². The molecule has 3 aromatic rings. The van der Waals surface area contributed by atoms with Crippen molar-refractivity contribution in [2.75, 3.05) is 6.54 Å². The predicted molar refractivity (Wildman–Crippen MR) is 81.0 cm³/mol. The summed E-state index contributed by atoms with van der Waals surface area (Å²) in [6.07, 6.45) is 1.36. The number of nitrogens with zero attached hydrogens (tertiary/aromatic N) is 3. The molecule has 0 saturated carbocycles. The Bertz CT molecular complexity index is 909. The average molecular weight is 330 g/mol. The highest BCUT2D eigenvalue weighted by molar-refractivity contribution is 7.17. The van der Waals surface area contributed by atoms with E-state index in [1.807, 2.05) is 5.38 Å². The van der Waals surface area contributed by atoms with Crippen molar-refractivity contribution < 1.29 is 20.1 Å². The van der Waals surface area contributed by atoms with Crippen LogP contribution in [0.5, 0.6) is 0 Å². The third-order valence-corrected chi connectivity index (χ3v) is 4.12. The van der Waals surface area contributed by atoms with Crippen LogP contribution >= 0.6 is 11.3 Å². The fourth-order valence-electron chi connectivity index (χ4n) is 2.23. The third kappa shape index (κ3) is 3.00. The maximum absolute atomic E-state index is 10.9. The fourth-order valence-corrected chi connectivity index (χ4v) is 3.16. The number of non-ortho nitro benzene ring substituents is 1. The number of nitro groups is 1. The number of hydrogen-bond acceptors (Lipinski definition) is 7. The van der Waals surface area contributed by atoms with Gasteiger partial charge in [-0.2, -0.15) is 4.98 Å². The molecule has 0 unspecified atom stereocenters. The molecule has 0 saturated heterocycles. The van der Waals surface area contributed by atoms with Gasteiger partial charge >= 0.3 is 0 Å². The molecule has 9 heteroatoms. The molecule has 0 radical (unpaired) electrons. The number of carboxylic acids is 1. The molecule has 0 aliphatic heterocycles. The van der Waals surface area contributed by atoms with Crippen molar-refractivity contribution in [3.63, 3.8) is 0 Å². The van der Waals surface area contributed by atoms with E-state index in [1.54, 1.807) is 12.1 Å². The Morgan fingerprint density at radius 1 is 1.35 bits per heavy atom. The summed E-state index contributed by atoms with van der Waals surface area (Å²) in [5.74, 6) is -0.731. The summed E-state index contributed by atoms with van der Waals surface area (Å²) in [6.45, 7) is -0.268. The number of rotatable bonds is 5. The van der Waals surface area contributed by atoms with Crippen molar-refractivity contribution in [3.8, 4) is 11.1 Å². The monoisotopic (exact) mass is 330 g/mol. The quantitative estimate of drug-likeness (QED) is 0.526.